The van der Waals surface area contributed by atoms with E-state index in [0.717, 1.165) is 23.9 Å². The van der Waals surface area contributed by atoms with Crippen LogP contribution in [0.4, 0.5) is 0 Å². The summed E-state index contributed by atoms with van der Waals surface area (Å²) in [6.07, 6.45) is 3.50. The third-order valence-corrected chi connectivity index (χ3v) is 5.03. The van der Waals surface area contributed by atoms with Crippen molar-refractivity contribution in [2.75, 3.05) is 26.2 Å². The number of hydrogen-bond donors (Lipinski definition) is 0. The normalized spacial score (nSPS) is 15.2. The molecule has 1 aromatic carbocycles. The lowest BCUT2D eigenvalue weighted by atomic mass is 10.0. The number of benzene rings is 1. The molecule has 1 aliphatic heterocycles. The van der Waals surface area contributed by atoms with Crippen molar-refractivity contribution in [3.8, 4) is 0 Å². The van der Waals surface area contributed by atoms with Crippen LogP contribution in [-0.2, 0) is 16.0 Å². The van der Waals surface area contributed by atoms with E-state index in [2.05, 4.69) is 18.8 Å². The van der Waals surface area contributed by atoms with Gasteiger partial charge < -0.3 is 14.2 Å². The van der Waals surface area contributed by atoms with Gasteiger partial charge in [0.2, 0.25) is 11.8 Å². The summed E-state index contributed by atoms with van der Waals surface area (Å²) in [7, 11) is 0. The summed E-state index contributed by atoms with van der Waals surface area (Å²) >= 11 is 0. The average Bonchev–Trinajstić information content (AvgIpc) is 3.10. The van der Waals surface area contributed by atoms with E-state index in [9.17, 15) is 9.59 Å². The lowest BCUT2D eigenvalue weighted by molar-refractivity contribution is -0.142. The van der Waals surface area contributed by atoms with E-state index in [1.807, 2.05) is 28.0 Å². The van der Waals surface area contributed by atoms with Gasteiger partial charge in [0.1, 0.15) is 5.52 Å². The van der Waals surface area contributed by atoms with Gasteiger partial charge >= 0.3 is 0 Å². The van der Waals surface area contributed by atoms with Gasteiger partial charge in [-0.15, -0.1) is 0 Å². The minimum Gasteiger partial charge on any atom is -0.443 e. The van der Waals surface area contributed by atoms with Crippen molar-refractivity contribution in [2.24, 2.45) is 5.92 Å². The number of piperazine rings is 1. The Kier molecular flexibility index (Phi) is 5.36. The standard InChI is InChI=1S/C19H25N3O3/c1-3-15(4-2)19(24)22-9-7-21(8-10-22)18(23)12-14-5-6-16-17(11-14)25-13-20-16/h5-6,11,13,15H,3-4,7-10,12H2,1-2H3. The van der Waals surface area contributed by atoms with Gasteiger partial charge in [0, 0.05) is 32.1 Å². The molecule has 0 bridgehead atoms. The Balaban J connectivity index is 1.55. The molecule has 0 spiro atoms. The first kappa shape index (κ1) is 17.5. The second kappa shape index (κ2) is 7.68. The molecule has 0 aliphatic carbocycles. The van der Waals surface area contributed by atoms with Crippen LogP contribution in [0.15, 0.2) is 29.0 Å². The van der Waals surface area contributed by atoms with Crippen LogP contribution in [0.1, 0.15) is 32.3 Å². The van der Waals surface area contributed by atoms with Crippen LogP contribution in [0.2, 0.25) is 0 Å². The first-order valence-electron chi connectivity index (χ1n) is 9.01. The van der Waals surface area contributed by atoms with Crippen LogP contribution in [0.25, 0.3) is 11.1 Å². The summed E-state index contributed by atoms with van der Waals surface area (Å²) in [6.45, 7) is 6.57. The monoisotopic (exact) mass is 343 g/mol. The number of carbonyl (C=O) groups excluding carboxylic acids is 2. The molecule has 0 atom stereocenters. The Morgan fingerprint density at radius 3 is 2.48 bits per heavy atom. The molecular formula is C19H25N3O3. The molecule has 1 fully saturated rings. The predicted molar refractivity (Wildman–Crippen MR) is 94.9 cm³/mol. The maximum absolute atomic E-state index is 12.5. The van der Waals surface area contributed by atoms with Crippen LogP contribution in [0.3, 0.4) is 0 Å². The Labute approximate surface area is 147 Å². The minimum absolute atomic E-state index is 0.0912. The molecule has 1 saturated heterocycles. The zero-order valence-corrected chi connectivity index (χ0v) is 14.9. The van der Waals surface area contributed by atoms with Crippen LogP contribution >= 0.6 is 0 Å². The van der Waals surface area contributed by atoms with Gasteiger partial charge in [0.05, 0.1) is 6.42 Å². The lowest BCUT2D eigenvalue weighted by Gasteiger charge is -2.36. The van der Waals surface area contributed by atoms with Gasteiger partial charge in [-0.25, -0.2) is 4.98 Å². The largest absolute Gasteiger partial charge is 0.443 e. The van der Waals surface area contributed by atoms with E-state index < -0.39 is 0 Å². The number of fused-ring (bicyclic) bond motifs is 1. The molecule has 25 heavy (non-hydrogen) atoms. The summed E-state index contributed by atoms with van der Waals surface area (Å²) in [5, 5.41) is 0. The molecule has 2 aromatic rings. The van der Waals surface area contributed by atoms with Crippen molar-refractivity contribution in [3.05, 3.63) is 30.2 Å². The van der Waals surface area contributed by atoms with E-state index in [4.69, 9.17) is 4.42 Å². The molecule has 0 saturated carbocycles. The van der Waals surface area contributed by atoms with Crippen LogP contribution < -0.4 is 0 Å². The maximum Gasteiger partial charge on any atom is 0.227 e. The van der Waals surface area contributed by atoms with Crippen molar-refractivity contribution in [3.63, 3.8) is 0 Å². The van der Waals surface area contributed by atoms with Gasteiger partial charge in [-0.3, -0.25) is 9.59 Å². The van der Waals surface area contributed by atoms with E-state index >= 15 is 0 Å². The molecule has 134 valence electrons. The Bertz CT molecular complexity index is 743. The molecule has 0 unspecified atom stereocenters. The van der Waals surface area contributed by atoms with Crippen molar-refractivity contribution in [1.29, 1.82) is 0 Å². The summed E-state index contributed by atoms with van der Waals surface area (Å²) in [5.41, 5.74) is 2.42. The number of aromatic nitrogens is 1. The van der Waals surface area contributed by atoms with Gasteiger partial charge in [0.25, 0.3) is 0 Å². The fourth-order valence-electron chi connectivity index (χ4n) is 3.37. The van der Waals surface area contributed by atoms with Gasteiger partial charge in [-0.05, 0) is 30.5 Å². The molecule has 1 aliphatic rings. The first-order valence-corrected chi connectivity index (χ1v) is 9.01. The van der Waals surface area contributed by atoms with Crippen LogP contribution in [0, 0.1) is 5.92 Å². The smallest absolute Gasteiger partial charge is 0.227 e. The number of oxazole rings is 1. The van der Waals surface area contributed by atoms with E-state index in [-0.39, 0.29) is 17.7 Å². The first-order chi connectivity index (χ1) is 12.1. The minimum atomic E-state index is 0.0912. The summed E-state index contributed by atoms with van der Waals surface area (Å²) in [6, 6.07) is 5.65. The topological polar surface area (TPSA) is 66.7 Å². The van der Waals surface area contributed by atoms with Crippen LogP contribution in [-0.4, -0.2) is 52.8 Å². The highest BCUT2D eigenvalue weighted by Crippen LogP contribution is 2.17. The van der Waals surface area contributed by atoms with Crippen molar-refractivity contribution >= 4 is 22.9 Å². The van der Waals surface area contributed by atoms with Crippen molar-refractivity contribution < 1.29 is 14.0 Å². The summed E-state index contributed by atoms with van der Waals surface area (Å²) < 4.78 is 5.29. The fourth-order valence-corrected chi connectivity index (χ4v) is 3.37. The third kappa shape index (κ3) is 3.83. The molecule has 0 radical (unpaired) electrons. The predicted octanol–water partition coefficient (Wildman–Crippen LogP) is 2.48. The number of carbonyl (C=O) groups is 2. The summed E-state index contributed by atoms with van der Waals surface area (Å²) in [4.78, 5) is 32.8. The summed E-state index contributed by atoms with van der Waals surface area (Å²) in [5.74, 6) is 0.428. The van der Waals surface area contributed by atoms with Gasteiger partial charge in [0.15, 0.2) is 12.0 Å². The second-order valence-corrected chi connectivity index (χ2v) is 6.55. The fraction of sp³-hybridized carbons (Fsp3) is 0.526. The van der Waals surface area contributed by atoms with E-state index in [1.165, 1.54) is 6.39 Å². The molecule has 2 amide bonds. The molecular weight excluding hydrogens is 318 g/mol. The number of nitrogens with zero attached hydrogens (tertiary/aromatic N) is 3. The van der Waals surface area contributed by atoms with Crippen molar-refractivity contribution in [2.45, 2.75) is 33.1 Å². The van der Waals surface area contributed by atoms with E-state index in [1.54, 1.807) is 0 Å². The Hall–Kier alpha value is -2.37. The maximum atomic E-state index is 12.5. The zero-order valence-electron chi connectivity index (χ0n) is 14.9. The average molecular weight is 343 g/mol. The number of rotatable bonds is 5. The SMILES string of the molecule is CCC(CC)C(=O)N1CCN(C(=O)Cc2ccc3ncoc3c2)CC1. The number of amides is 2. The molecule has 3 rings (SSSR count). The quantitative estimate of drug-likeness (QED) is 0.836. The zero-order chi connectivity index (χ0) is 17.8. The molecule has 6 heteroatoms. The highest BCUT2D eigenvalue weighted by atomic mass is 16.3. The van der Waals surface area contributed by atoms with E-state index in [0.29, 0.717) is 38.2 Å². The lowest BCUT2D eigenvalue weighted by Crippen LogP contribution is -2.52. The second-order valence-electron chi connectivity index (χ2n) is 6.55. The van der Waals surface area contributed by atoms with Gasteiger partial charge in [-0.1, -0.05) is 19.9 Å². The van der Waals surface area contributed by atoms with Crippen LogP contribution in [0.5, 0.6) is 0 Å². The number of hydrogen-bond acceptors (Lipinski definition) is 4. The molecule has 2 heterocycles. The molecule has 1 aromatic heterocycles. The molecule has 0 N–H and O–H groups in total. The Morgan fingerprint density at radius 2 is 1.80 bits per heavy atom. The highest BCUT2D eigenvalue weighted by Gasteiger charge is 2.27. The third-order valence-electron chi connectivity index (χ3n) is 5.03. The Morgan fingerprint density at radius 1 is 1.12 bits per heavy atom. The molecule has 6 nitrogen and oxygen atoms in total. The van der Waals surface area contributed by atoms with Gasteiger partial charge in [-0.2, -0.15) is 0 Å². The highest BCUT2D eigenvalue weighted by molar-refractivity contribution is 5.82. The van der Waals surface area contributed by atoms with Crippen molar-refractivity contribution in [1.82, 2.24) is 14.8 Å².